The molecular weight excluding hydrogens is 364 g/mol. The highest BCUT2D eigenvalue weighted by Crippen LogP contribution is 2.27. The summed E-state index contributed by atoms with van der Waals surface area (Å²) in [6, 6.07) is 22.5. The van der Waals surface area contributed by atoms with Crippen LogP contribution >= 0.6 is 11.3 Å². The average Bonchev–Trinajstić information content (AvgIpc) is 3.23. The second kappa shape index (κ2) is 8.72. The van der Waals surface area contributed by atoms with Crippen LogP contribution in [0.25, 0.3) is 0 Å². The molecule has 4 rings (SSSR count). The van der Waals surface area contributed by atoms with Gasteiger partial charge in [0.05, 0.1) is 0 Å². The molecule has 1 saturated heterocycles. The normalized spacial score (nSPS) is 15.5. The third kappa shape index (κ3) is 4.34. The summed E-state index contributed by atoms with van der Waals surface area (Å²) in [4.78, 5) is 19.4. The topological polar surface area (TPSA) is 23.6 Å². The van der Waals surface area contributed by atoms with Crippen molar-refractivity contribution in [3.05, 3.63) is 88.1 Å². The quantitative estimate of drug-likeness (QED) is 0.585. The van der Waals surface area contributed by atoms with E-state index in [1.807, 2.05) is 52.6 Å². The summed E-state index contributed by atoms with van der Waals surface area (Å²) in [6.07, 6.45) is 2.00. The van der Waals surface area contributed by atoms with Crippen LogP contribution in [0.3, 0.4) is 0 Å². The Morgan fingerprint density at radius 2 is 1.82 bits per heavy atom. The average molecular weight is 391 g/mol. The van der Waals surface area contributed by atoms with E-state index in [1.54, 1.807) is 0 Å². The zero-order valence-electron chi connectivity index (χ0n) is 16.3. The van der Waals surface area contributed by atoms with E-state index >= 15 is 0 Å². The number of hydrogen-bond donors (Lipinski definition) is 0. The fourth-order valence-corrected chi connectivity index (χ4v) is 4.70. The lowest BCUT2D eigenvalue weighted by molar-refractivity contribution is 0.0959. The molecule has 1 aliphatic heterocycles. The first-order valence-electron chi connectivity index (χ1n) is 9.91. The van der Waals surface area contributed by atoms with Gasteiger partial charge >= 0.3 is 0 Å². The van der Waals surface area contributed by atoms with Gasteiger partial charge in [0.15, 0.2) is 0 Å². The van der Waals surface area contributed by atoms with Gasteiger partial charge in [-0.15, -0.1) is 11.3 Å². The molecule has 1 fully saturated rings. The number of piperidine rings is 1. The molecule has 2 aromatic carbocycles. The lowest BCUT2D eigenvalue weighted by atomic mass is 10.00. The van der Waals surface area contributed by atoms with Gasteiger partial charge in [0.2, 0.25) is 0 Å². The lowest BCUT2D eigenvalue weighted by Gasteiger charge is -2.38. The van der Waals surface area contributed by atoms with Gasteiger partial charge < -0.3 is 4.90 Å². The van der Waals surface area contributed by atoms with Crippen LogP contribution in [-0.4, -0.2) is 29.9 Å². The minimum atomic E-state index is 0.0999. The van der Waals surface area contributed by atoms with Crippen LogP contribution in [-0.2, 0) is 6.54 Å². The molecule has 144 valence electrons. The van der Waals surface area contributed by atoms with E-state index in [0.717, 1.165) is 43.7 Å². The number of amides is 1. The highest BCUT2D eigenvalue weighted by atomic mass is 32.1. The Balaban J connectivity index is 1.53. The molecule has 0 saturated carbocycles. The first kappa shape index (κ1) is 18.9. The number of carbonyl (C=O) groups is 1. The van der Waals surface area contributed by atoms with Gasteiger partial charge in [-0.3, -0.25) is 9.69 Å². The second-order valence-corrected chi connectivity index (χ2v) is 8.50. The summed E-state index contributed by atoms with van der Waals surface area (Å²) in [5.74, 6) is 0.0999. The Morgan fingerprint density at radius 3 is 2.50 bits per heavy atom. The lowest BCUT2D eigenvalue weighted by Crippen LogP contribution is -2.47. The standard InChI is InChI=1S/C24H26N2OS/c1-19-7-5-10-22(17-19)26(24(27)20-8-3-2-4-9-20)21-12-14-25(15-13-21)18-23-11-6-16-28-23/h2-11,16-17,21H,12-15,18H2,1H3. The maximum atomic E-state index is 13.4. The number of rotatable bonds is 5. The van der Waals surface area contributed by atoms with Gasteiger partial charge in [-0.1, -0.05) is 36.4 Å². The molecule has 1 amide bonds. The number of nitrogens with zero attached hydrogens (tertiary/aromatic N) is 2. The van der Waals surface area contributed by atoms with E-state index in [-0.39, 0.29) is 11.9 Å². The monoisotopic (exact) mass is 390 g/mol. The van der Waals surface area contributed by atoms with Crippen LogP contribution < -0.4 is 4.90 Å². The van der Waals surface area contributed by atoms with Crippen LogP contribution in [0.4, 0.5) is 5.69 Å². The summed E-state index contributed by atoms with van der Waals surface area (Å²) < 4.78 is 0. The molecule has 3 nitrogen and oxygen atoms in total. The van der Waals surface area contributed by atoms with E-state index in [4.69, 9.17) is 0 Å². The minimum Gasteiger partial charge on any atom is -0.305 e. The van der Waals surface area contributed by atoms with E-state index in [0.29, 0.717) is 0 Å². The first-order chi connectivity index (χ1) is 13.7. The van der Waals surface area contributed by atoms with Crippen LogP contribution in [0.1, 0.15) is 33.6 Å². The summed E-state index contributed by atoms with van der Waals surface area (Å²) in [6.45, 7) is 5.14. The predicted octanol–water partition coefficient (Wildman–Crippen LogP) is 5.37. The van der Waals surface area contributed by atoms with Crippen molar-refractivity contribution in [1.82, 2.24) is 4.90 Å². The molecule has 28 heavy (non-hydrogen) atoms. The number of carbonyl (C=O) groups excluding carboxylic acids is 1. The van der Waals surface area contributed by atoms with Crippen molar-refractivity contribution in [2.75, 3.05) is 18.0 Å². The SMILES string of the molecule is Cc1cccc(N(C(=O)c2ccccc2)C2CCN(Cc3cccs3)CC2)c1. The molecule has 4 heteroatoms. The number of likely N-dealkylation sites (tertiary alicyclic amines) is 1. The van der Waals surface area contributed by atoms with Crippen LogP contribution in [0.2, 0.25) is 0 Å². The van der Waals surface area contributed by atoms with Crippen LogP contribution in [0.5, 0.6) is 0 Å². The number of hydrogen-bond acceptors (Lipinski definition) is 3. The molecule has 0 N–H and O–H groups in total. The molecule has 0 aliphatic carbocycles. The molecule has 0 bridgehead atoms. The highest BCUT2D eigenvalue weighted by Gasteiger charge is 2.30. The third-order valence-corrected chi connectivity index (χ3v) is 6.26. The minimum absolute atomic E-state index is 0.0999. The van der Waals surface area contributed by atoms with Crippen molar-refractivity contribution in [2.24, 2.45) is 0 Å². The summed E-state index contributed by atoms with van der Waals surface area (Å²) in [5, 5.41) is 2.14. The third-order valence-electron chi connectivity index (χ3n) is 5.40. The Bertz CT molecular complexity index is 899. The van der Waals surface area contributed by atoms with Gasteiger partial charge in [0.1, 0.15) is 0 Å². The van der Waals surface area contributed by atoms with Gasteiger partial charge in [0.25, 0.3) is 5.91 Å². The Labute approximate surface area is 171 Å². The van der Waals surface area contributed by atoms with E-state index < -0.39 is 0 Å². The van der Waals surface area contributed by atoms with Gasteiger partial charge in [-0.2, -0.15) is 0 Å². The molecule has 0 radical (unpaired) electrons. The van der Waals surface area contributed by atoms with Crippen molar-refractivity contribution < 1.29 is 4.79 Å². The molecule has 0 atom stereocenters. The molecule has 0 unspecified atom stereocenters. The second-order valence-electron chi connectivity index (χ2n) is 7.47. The van der Waals surface area contributed by atoms with Crippen LogP contribution in [0, 0.1) is 6.92 Å². The van der Waals surface area contributed by atoms with Gasteiger partial charge in [0, 0.05) is 41.8 Å². The van der Waals surface area contributed by atoms with Crippen molar-refractivity contribution in [3.63, 3.8) is 0 Å². The fourth-order valence-electron chi connectivity index (χ4n) is 3.95. The van der Waals surface area contributed by atoms with Crippen molar-refractivity contribution in [2.45, 2.75) is 32.4 Å². The summed E-state index contributed by atoms with van der Waals surface area (Å²) >= 11 is 1.82. The van der Waals surface area contributed by atoms with Gasteiger partial charge in [-0.25, -0.2) is 0 Å². The molecular formula is C24H26N2OS. The zero-order chi connectivity index (χ0) is 19.3. The van der Waals surface area contributed by atoms with Crippen molar-refractivity contribution >= 4 is 22.9 Å². The number of thiophene rings is 1. The largest absolute Gasteiger partial charge is 0.305 e. The van der Waals surface area contributed by atoms with Gasteiger partial charge in [-0.05, 0) is 61.0 Å². The number of aryl methyl sites for hydroxylation is 1. The Kier molecular flexibility index (Phi) is 5.89. The Hall–Kier alpha value is -2.43. The number of anilines is 1. The smallest absolute Gasteiger partial charge is 0.258 e. The maximum absolute atomic E-state index is 13.4. The van der Waals surface area contributed by atoms with Crippen molar-refractivity contribution in [1.29, 1.82) is 0 Å². The molecule has 1 aromatic heterocycles. The van der Waals surface area contributed by atoms with Crippen molar-refractivity contribution in [3.8, 4) is 0 Å². The zero-order valence-corrected chi connectivity index (χ0v) is 17.1. The molecule has 2 heterocycles. The van der Waals surface area contributed by atoms with E-state index in [1.165, 1.54) is 10.4 Å². The fraction of sp³-hybridized carbons (Fsp3) is 0.292. The summed E-state index contributed by atoms with van der Waals surface area (Å²) in [5.41, 5.74) is 2.94. The number of benzene rings is 2. The van der Waals surface area contributed by atoms with E-state index in [9.17, 15) is 4.79 Å². The molecule has 0 spiro atoms. The Morgan fingerprint density at radius 1 is 1.04 bits per heavy atom. The maximum Gasteiger partial charge on any atom is 0.258 e. The first-order valence-corrected chi connectivity index (χ1v) is 10.8. The molecule has 1 aliphatic rings. The summed E-state index contributed by atoms with van der Waals surface area (Å²) in [7, 11) is 0. The molecule has 3 aromatic rings. The predicted molar refractivity (Wildman–Crippen MR) is 117 cm³/mol. The highest BCUT2D eigenvalue weighted by molar-refractivity contribution is 7.09. The van der Waals surface area contributed by atoms with Crippen LogP contribution in [0.15, 0.2) is 72.1 Å². The van der Waals surface area contributed by atoms with E-state index in [2.05, 4.69) is 47.5 Å².